The third-order valence-electron chi connectivity index (χ3n) is 4.92. The standard InChI is InChI=1S/C19H24FN3O4/c1-2-27-18(25)13-4-3-9-22(11-13)19(26)21-15-10-17(24)23(12-15)16-7-5-14(20)6-8-16/h5-8,13,15H,2-4,9-12H2,1H3,(H,21,26)/t13-,15+/m1/s1. The highest BCUT2D eigenvalue weighted by Gasteiger charge is 2.34. The number of nitrogens with zero attached hydrogens (tertiary/aromatic N) is 2. The number of amides is 3. The first-order chi connectivity index (χ1) is 13.0. The van der Waals surface area contributed by atoms with Crippen molar-refractivity contribution in [1.82, 2.24) is 10.2 Å². The zero-order valence-electron chi connectivity index (χ0n) is 15.3. The van der Waals surface area contributed by atoms with E-state index in [1.54, 1.807) is 28.9 Å². The lowest BCUT2D eigenvalue weighted by Crippen LogP contribution is -2.50. The highest BCUT2D eigenvalue weighted by Crippen LogP contribution is 2.23. The largest absolute Gasteiger partial charge is 0.466 e. The van der Waals surface area contributed by atoms with E-state index >= 15 is 0 Å². The van der Waals surface area contributed by atoms with Crippen LogP contribution in [0.25, 0.3) is 0 Å². The Morgan fingerprint density at radius 1 is 1.26 bits per heavy atom. The van der Waals surface area contributed by atoms with E-state index in [0.717, 1.165) is 6.42 Å². The molecule has 3 rings (SSSR count). The van der Waals surface area contributed by atoms with Gasteiger partial charge in [-0.25, -0.2) is 9.18 Å². The Morgan fingerprint density at radius 2 is 2.00 bits per heavy atom. The molecule has 7 nitrogen and oxygen atoms in total. The Kier molecular flexibility index (Phi) is 5.93. The SMILES string of the molecule is CCOC(=O)[C@@H]1CCCN(C(=O)N[C@H]2CC(=O)N(c3ccc(F)cc3)C2)C1. The molecule has 0 saturated carbocycles. The number of carbonyl (C=O) groups is 3. The summed E-state index contributed by atoms with van der Waals surface area (Å²) < 4.78 is 18.1. The number of urea groups is 1. The molecule has 146 valence electrons. The predicted octanol–water partition coefficient (Wildman–Crippen LogP) is 1.92. The van der Waals surface area contributed by atoms with E-state index in [2.05, 4.69) is 5.32 Å². The molecule has 2 heterocycles. The molecule has 27 heavy (non-hydrogen) atoms. The van der Waals surface area contributed by atoms with E-state index in [1.165, 1.54) is 12.1 Å². The number of rotatable bonds is 4. The lowest BCUT2D eigenvalue weighted by atomic mass is 9.98. The minimum Gasteiger partial charge on any atom is -0.466 e. The molecule has 2 atom stereocenters. The number of benzene rings is 1. The van der Waals surface area contributed by atoms with Gasteiger partial charge in [0.05, 0.1) is 18.6 Å². The van der Waals surface area contributed by atoms with E-state index in [-0.39, 0.29) is 42.1 Å². The number of carbonyl (C=O) groups excluding carboxylic acids is 3. The van der Waals surface area contributed by atoms with Crippen molar-refractivity contribution in [2.45, 2.75) is 32.2 Å². The van der Waals surface area contributed by atoms with Crippen molar-refractivity contribution in [2.75, 3.05) is 31.1 Å². The van der Waals surface area contributed by atoms with Crippen molar-refractivity contribution in [1.29, 1.82) is 0 Å². The van der Waals surface area contributed by atoms with Gasteiger partial charge in [-0.2, -0.15) is 0 Å². The van der Waals surface area contributed by atoms with Gasteiger partial charge < -0.3 is 19.9 Å². The first-order valence-corrected chi connectivity index (χ1v) is 9.26. The third-order valence-corrected chi connectivity index (χ3v) is 4.92. The van der Waals surface area contributed by atoms with Crippen LogP contribution in [0, 0.1) is 11.7 Å². The van der Waals surface area contributed by atoms with Crippen LogP contribution >= 0.6 is 0 Å². The lowest BCUT2D eigenvalue weighted by molar-refractivity contribution is -0.149. The van der Waals surface area contributed by atoms with Crippen molar-refractivity contribution >= 4 is 23.6 Å². The molecule has 1 aromatic rings. The molecule has 2 aliphatic heterocycles. The molecule has 0 aliphatic carbocycles. The predicted molar refractivity (Wildman–Crippen MR) is 96.6 cm³/mol. The topological polar surface area (TPSA) is 79.0 Å². The summed E-state index contributed by atoms with van der Waals surface area (Å²) in [5.74, 6) is -1.05. The Morgan fingerprint density at radius 3 is 2.70 bits per heavy atom. The number of halogens is 1. The van der Waals surface area contributed by atoms with Crippen molar-refractivity contribution in [3.05, 3.63) is 30.1 Å². The molecule has 1 N–H and O–H groups in total. The first-order valence-electron chi connectivity index (χ1n) is 9.26. The molecule has 0 radical (unpaired) electrons. The Bertz CT molecular complexity index is 709. The average molecular weight is 377 g/mol. The fourth-order valence-electron chi connectivity index (χ4n) is 3.55. The first kappa shape index (κ1) is 19.1. The zero-order chi connectivity index (χ0) is 19.4. The molecule has 8 heteroatoms. The summed E-state index contributed by atoms with van der Waals surface area (Å²) in [5, 5.41) is 2.88. The summed E-state index contributed by atoms with van der Waals surface area (Å²) in [4.78, 5) is 39.9. The maximum Gasteiger partial charge on any atom is 0.317 e. The van der Waals surface area contributed by atoms with Crippen LogP contribution in [0.2, 0.25) is 0 Å². The normalized spacial score (nSPS) is 22.7. The van der Waals surface area contributed by atoms with E-state index < -0.39 is 0 Å². The minimum atomic E-state index is -0.364. The highest BCUT2D eigenvalue weighted by molar-refractivity contribution is 5.96. The van der Waals surface area contributed by atoms with Crippen LogP contribution in [0.4, 0.5) is 14.9 Å². The molecule has 2 fully saturated rings. The Balaban J connectivity index is 1.56. The minimum absolute atomic E-state index is 0.116. The fourth-order valence-corrected chi connectivity index (χ4v) is 3.55. The molecule has 0 unspecified atom stereocenters. The van der Waals surface area contributed by atoms with Gasteiger partial charge in [0.1, 0.15) is 5.82 Å². The van der Waals surface area contributed by atoms with E-state index in [0.29, 0.717) is 38.3 Å². The fraction of sp³-hybridized carbons (Fsp3) is 0.526. The molecular formula is C19H24FN3O4. The average Bonchev–Trinajstić information content (AvgIpc) is 3.02. The summed E-state index contributed by atoms with van der Waals surface area (Å²) in [7, 11) is 0. The van der Waals surface area contributed by atoms with Gasteiger partial charge in [0.2, 0.25) is 5.91 Å². The Hall–Kier alpha value is -2.64. The van der Waals surface area contributed by atoms with Gasteiger partial charge in [0, 0.05) is 31.7 Å². The quantitative estimate of drug-likeness (QED) is 0.813. The monoisotopic (exact) mass is 377 g/mol. The van der Waals surface area contributed by atoms with Gasteiger partial charge in [-0.15, -0.1) is 0 Å². The van der Waals surface area contributed by atoms with Crippen LogP contribution in [0.5, 0.6) is 0 Å². The number of hydrogen-bond acceptors (Lipinski definition) is 4. The maximum atomic E-state index is 13.1. The summed E-state index contributed by atoms with van der Waals surface area (Å²) >= 11 is 0. The second-order valence-corrected chi connectivity index (χ2v) is 6.87. The summed E-state index contributed by atoms with van der Waals surface area (Å²) in [6, 6.07) is 5.11. The van der Waals surface area contributed by atoms with Crippen molar-refractivity contribution in [2.24, 2.45) is 5.92 Å². The van der Waals surface area contributed by atoms with Gasteiger partial charge in [-0.1, -0.05) is 0 Å². The summed E-state index contributed by atoms with van der Waals surface area (Å²) in [6.45, 7) is 3.32. The van der Waals surface area contributed by atoms with Crippen LogP contribution < -0.4 is 10.2 Å². The number of ether oxygens (including phenoxy) is 1. The van der Waals surface area contributed by atoms with Crippen molar-refractivity contribution in [3.63, 3.8) is 0 Å². The third kappa shape index (κ3) is 4.56. The van der Waals surface area contributed by atoms with Gasteiger partial charge in [0.25, 0.3) is 0 Å². The maximum absolute atomic E-state index is 13.1. The van der Waals surface area contributed by atoms with Gasteiger partial charge in [0.15, 0.2) is 0 Å². The van der Waals surface area contributed by atoms with Crippen LogP contribution in [0.3, 0.4) is 0 Å². The van der Waals surface area contributed by atoms with Crippen LogP contribution in [-0.4, -0.2) is 55.1 Å². The van der Waals surface area contributed by atoms with E-state index in [4.69, 9.17) is 4.74 Å². The van der Waals surface area contributed by atoms with Gasteiger partial charge in [-0.05, 0) is 44.0 Å². The van der Waals surface area contributed by atoms with Gasteiger partial charge in [-0.3, -0.25) is 9.59 Å². The molecule has 1 aromatic carbocycles. The van der Waals surface area contributed by atoms with Crippen LogP contribution in [0.1, 0.15) is 26.2 Å². The molecule has 3 amide bonds. The molecular weight excluding hydrogens is 353 g/mol. The zero-order valence-corrected chi connectivity index (χ0v) is 15.3. The van der Waals surface area contributed by atoms with Crippen LogP contribution in [-0.2, 0) is 14.3 Å². The molecule has 0 aromatic heterocycles. The molecule has 2 aliphatic rings. The number of piperidine rings is 1. The molecule has 0 bridgehead atoms. The van der Waals surface area contributed by atoms with E-state index in [1.807, 2.05) is 0 Å². The van der Waals surface area contributed by atoms with E-state index in [9.17, 15) is 18.8 Å². The summed E-state index contributed by atoms with van der Waals surface area (Å²) in [5.41, 5.74) is 0.610. The number of likely N-dealkylation sites (tertiary alicyclic amines) is 1. The number of anilines is 1. The number of nitrogens with one attached hydrogen (secondary N) is 1. The lowest BCUT2D eigenvalue weighted by Gasteiger charge is -2.32. The number of hydrogen-bond donors (Lipinski definition) is 1. The molecule has 2 saturated heterocycles. The van der Waals surface area contributed by atoms with Crippen LogP contribution in [0.15, 0.2) is 24.3 Å². The highest BCUT2D eigenvalue weighted by atomic mass is 19.1. The number of esters is 1. The molecule has 0 spiro atoms. The van der Waals surface area contributed by atoms with Crippen molar-refractivity contribution < 1.29 is 23.5 Å². The summed E-state index contributed by atoms with van der Waals surface area (Å²) in [6.07, 6.45) is 1.64. The second kappa shape index (κ2) is 8.37. The van der Waals surface area contributed by atoms with Crippen molar-refractivity contribution in [3.8, 4) is 0 Å². The van der Waals surface area contributed by atoms with Gasteiger partial charge >= 0.3 is 12.0 Å². The second-order valence-electron chi connectivity index (χ2n) is 6.87. The smallest absolute Gasteiger partial charge is 0.317 e. The Labute approximate surface area is 157 Å².